The lowest BCUT2D eigenvalue weighted by Crippen LogP contribution is -2.51. The van der Waals surface area contributed by atoms with Crippen LogP contribution in [0.1, 0.15) is 6.92 Å². The summed E-state index contributed by atoms with van der Waals surface area (Å²) in [5, 5.41) is 45.1. The average Bonchev–Trinajstić information content (AvgIpc) is 2.21. The van der Waals surface area contributed by atoms with Crippen molar-refractivity contribution in [2.24, 2.45) is 5.41 Å². The Labute approximate surface area is 80.8 Å². The average molecular weight is 184 g/mol. The van der Waals surface area contributed by atoms with Crippen LogP contribution >= 0.6 is 0 Å². The third kappa shape index (κ3) is 1.27. The fraction of sp³-hybridized carbons (Fsp3) is 0.375. The molecular weight excluding hydrogens is 180 g/mol. The number of nitrogens with one attached hydrogen (secondary N) is 1. The predicted octanol–water partition coefficient (Wildman–Crippen LogP) is -0.103. The van der Waals surface area contributed by atoms with Crippen molar-refractivity contribution in [2.45, 2.75) is 12.5 Å². The summed E-state index contributed by atoms with van der Waals surface area (Å²) in [7, 11) is 0. The third-order valence-electron chi connectivity index (χ3n) is 1.78. The van der Waals surface area contributed by atoms with Gasteiger partial charge in [0.2, 0.25) is 0 Å². The van der Waals surface area contributed by atoms with Crippen LogP contribution in [0.4, 0.5) is 0 Å². The van der Waals surface area contributed by atoms with E-state index in [1.165, 1.54) is 24.4 Å². The Morgan fingerprint density at radius 3 is 1.50 bits per heavy atom. The maximum atomic E-state index is 8.73. The monoisotopic (exact) mass is 184 g/mol. The SMILES string of the molecule is CC(C#N)(NC#N)C(C#N)(C#N)C#N. The zero-order chi connectivity index (χ0) is 11.2. The maximum absolute atomic E-state index is 8.73. The summed E-state index contributed by atoms with van der Waals surface area (Å²) < 4.78 is 0. The van der Waals surface area contributed by atoms with Gasteiger partial charge in [-0.25, -0.2) is 0 Å². The van der Waals surface area contributed by atoms with E-state index < -0.39 is 11.0 Å². The molecule has 6 nitrogen and oxygen atoms in total. The molecule has 66 valence electrons. The van der Waals surface area contributed by atoms with Crippen LogP contribution in [-0.2, 0) is 0 Å². The molecule has 0 aliphatic rings. The molecule has 0 aromatic carbocycles. The van der Waals surface area contributed by atoms with Gasteiger partial charge >= 0.3 is 0 Å². The molecule has 0 saturated heterocycles. The second kappa shape index (κ2) is 3.77. The van der Waals surface area contributed by atoms with Crippen molar-refractivity contribution in [2.75, 3.05) is 0 Å². The molecule has 0 spiro atoms. The fourth-order valence-electron chi connectivity index (χ4n) is 0.728. The Kier molecular flexibility index (Phi) is 3.03. The molecule has 0 saturated carbocycles. The van der Waals surface area contributed by atoms with Crippen molar-refractivity contribution in [1.29, 1.82) is 26.3 Å². The van der Waals surface area contributed by atoms with Gasteiger partial charge in [-0.2, -0.15) is 26.3 Å². The number of rotatable bonds is 2. The largest absolute Gasteiger partial charge is 0.301 e. The summed E-state index contributed by atoms with van der Waals surface area (Å²) in [6.07, 6.45) is 1.44. The Morgan fingerprint density at radius 2 is 1.29 bits per heavy atom. The van der Waals surface area contributed by atoms with E-state index in [2.05, 4.69) is 0 Å². The molecule has 0 aliphatic heterocycles. The molecule has 0 heterocycles. The van der Waals surface area contributed by atoms with E-state index in [9.17, 15) is 0 Å². The molecule has 0 aromatic rings. The highest BCUT2D eigenvalue weighted by Crippen LogP contribution is 2.28. The molecule has 1 N–H and O–H groups in total. The quantitative estimate of drug-likeness (QED) is 0.470. The topological polar surface area (TPSA) is 131 Å². The van der Waals surface area contributed by atoms with Gasteiger partial charge in [0.15, 0.2) is 11.7 Å². The molecule has 0 bridgehead atoms. The highest BCUT2D eigenvalue weighted by molar-refractivity contribution is 5.40. The summed E-state index contributed by atoms with van der Waals surface area (Å²) in [6, 6.07) is 5.87. The van der Waals surface area contributed by atoms with Gasteiger partial charge in [0.25, 0.3) is 5.41 Å². The lowest BCUT2D eigenvalue weighted by Gasteiger charge is -2.25. The number of hydrogen-bond donors (Lipinski definition) is 1. The normalized spacial score (nSPS) is 12.9. The van der Waals surface area contributed by atoms with E-state index in [0.29, 0.717) is 0 Å². The standard InChI is InChI=1S/C8H4N6/c1-7(2-9,14-6-13)8(3-10,4-11)5-12/h14H,1H3. The Bertz CT molecular complexity index is 395. The minimum absolute atomic E-state index is 1.14. The molecule has 0 fully saturated rings. The Balaban J connectivity index is 5.62. The minimum Gasteiger partial charge on any atom is -0.301 e. The van der Waals surface area contributed by atoms with E-state index in [4.69, 9.17) is 26.3 Å². The number of nitrogens with zero attached hydrogens (tertiary/aromatic N) is 5. The number of nitriles is 5. The summed E-state index contributed by atoms with van der Waals surface area (Å²) in [4.78, 5) is 0. The minimum atomic E-state index is -2.20. The highest BCUT2D eigenvalue weighted by Gasteiger charge is 2.51. The molecular formula is C8H4N6. The van der Waals surface area contributed by atoms with E-state index >= 15 is 0 Å². The third-order valence-corrected chi connectivity index (χ3v) is 1.78. The Hall–Kier alpha value is -2.75. The smallest absolute Gasteiger partial charge is 0.264 e. The van der Waals surface area contributed by atoms with Crippen LogP contribution in [0.2, 0.25) is 0 Å². The van der Waals surface area contributed by atoms with Crippen LogP contribution < -0.4 is 5.32 Å². The summed E-state index contributed by atoms with van der Waals surface area (Å²) in [5.74, 6) is 0. The highest BCUT2D eigenvalue weighted by atomic mass is 15.0. The van der Waals surface area contributed by atoms with Crippen molar-refractivity contribution < 1.29 is 0 Å². The van der Waals surface area contributed by atoms with E-state index in [1.807, 2.05) is 5.32 Å². The first-order valence-corrected chi connectivity index (χ1v) is 3.37. The van der Waals surface area contributed by atoms with Gasteiger partial charge in [-0.1, -0.05) is 0 Å². The van der Waals surface area contributed by atoms with E-state index in [1.54, 1.807) is 6.07 Å². The maximum Gasteiger partial charge on any atom is 0.264 e. The first kappa shape index (κ1) is 11.2. The van der Waals surface area contributed by atoms with Gasteiger partial charge in [0.05, 0.1) is 6.07 Å². The molecule has 1 unspecified atom stereocenters. The van der Waals surface area contributed by atoms with Crippen molar-refractivity contribution in [3.63, 3.8) is 0 Å². The number of hydrogen-bond acceptors (Lipinski definition) is 6. The predicted molar refractivity (Wildman–Crippen MR) is 42.0 cm³/mol. The van der Waals surface area contributed by atoms with E-state index in [0.717, 1.165) is 6.92 Å². The van der Waals surface area contributed by atoms with Gasteiger partial charge in [-0.05, 0) is 6.92 Å². The Morgan fingerprint density at radius 1 is 0.857 bits per heavy atom. The molecule has 0 rings (SSSR count). The summed E-state index contributed by atoms with van der Waals surface area (Å²) in [5.41, 5.74) is -4.03. The zero-order valence-corrected chi connectivity index (χ0v) is 7.24. The van der Waals surface area contributed by atoms with Crippen molar-refractivity contribution in [1.82, 2.24) is 5.32 Å². The molecule has 14 heavy (non-hydrogen) atoms. The molecule has 0 aromatic heterocycles. The second-order valence-corrected chi connectivity index (χ2v) is 2.56. The second-order valence-electron chi connectivity index (χ2n) is 2.56. The fourth-order valence-corrected chi connectivity index (χ4v) is 0.728. The van der Waals surface area contributed by atoms with Crippen LogP contribution in [0.3, 0.4) is 0 Å². The molecule has 1 atom stereocenters. The summed E-state index contributed by atoms with van der Waals surface area (Å²) >= 11 is 0. The van der Waals surface area contributed by atoms with Gasteiger partial charge in [-0.3, -0.25) is 0 Å². The van der Waals surface area contributed by atoms with Gasteiger partial charge in [-0.15, -0.1) is 0 Å². The van der Waals surface area contributed by atoms with Crippen molar-refractivity contribution in [3.8, 4) is 30.5 Å². The van der Waals surface area contributed by atoms with Crippen molar-refractivity contribution in [3.05, 3.63) is 0 Å². The van der Waals surface area contributed by atoms with Gasteiger partial charge < -0.3 is 5.32 Å². The first-order valence-electron chi connectivity index (χ1n) is 3.37. The van der Waals surface area contributed by atoms with Crippen LogP contribution in [0, 0.1) is 62.2 Å². The van der Waals surface area contributed by atoms with Crippen molar-refractivity contribution >= 4 is 0 Å². The van der Waals surface area contributed by atoms with Crippen LogP contribution in [0.25, 0.3) is 0 Å². The van der Waals surface area contributed by atoms with Gasteiger partial charge in [0.1, 0.15) is 18.2 Å². The van der Waals surface area contributed by atoms with Crippen LogP contribution in [0.5, 0.6) is 0 Å². The van der Waals surface area contributed by atoms with Crippen LogP contribution in [0.15, 0.2) is 0 Å². The lowest BCUT2D eigenvalue weighted by atomic mass is 9.74. The first-order chi connectivity index (χ1) is 6.55. The van der Waals surface area contributed by atoms with E-state index in [-0.39, 0.29) is 0 Å². The van der Waals surface area contributed by atoms with Gasteiger partial charge in [0, 0.05) is 0 Å². The van der Waals surface area contributed by atoms with Crippen LogP contribution in [-0.4, -0.2) is 5.54 Å². The zero-order valence-electron chi connectivity index (χ0n) is 7.24. The lowest BCUT2D eigenvalue weighted by molar-refractivity contribution is 0.388. The molecule has 0 radical (unpaired) electrons. The molecule has 6 heteroatoms. The molecule has 0 amide bonds. The molecule has 0 aliphatic carbocycles. The summed E-state index contributed by atoms with van der Waals surface area (Å²) in [6.45, 7) is 1.14.